The van der Waals surface area contributed by atoms with Gasteiger partial charge in [0, 0.05) is 7.11 Å². The Bertz CT molecular complexity index is 422. The van der Waals surface area contributed by atoms with Crippen LogP contribution in [0.4, 0.5) is 0 Å². The lowest BCUT2D eigenvalue weighted by Crippen LogP contribution is -2.03. The molecule has 0 aromatic carbocycles. The minimum atomic E-state index is -2.27. The summed E-state index contributed by atoms with van der Waals surface area (Å²) in [6.45, 7) is 5.91. The normalized spacial score (nSPS) is 11.8. The summed E-state index contributed by atoms with van der Waals surface area (Å²) in [7, 11) is 1.62. The largest absolute Gasteiger partial charge is 0.466 e. The smallest absolute Gasteiger partial charge is 0.294 e. The molecule has 0 bridgehead atoms. The van der Waals surface area contributed by atoms with Gasteiger partial charge < -0.3 is 18.5 Å². The van der Waals surface area contributed by atoms with E-state index in [2.05, 4.69) is 10.2 Å². The molecule has 10 heteroatoms. The van der Waals surface area contributed by atoms with Crippen LogP contribution in [-0.2, 0) is 31.3 Å². The van der Waals surface area contributed by atoms with Crippen molar-refractivity contribution in [3.63, 3.8) is 0 Å². The molecule has 1 rings (SSSR count). The van der Waals surface area contributed by atoms with Gasteiger partial charge in [0.15, 0.2) is 0 Å². The summed E-state index contributed by atoms with van der Waals surface area (Å²) in [5.74, 6) is 0.614. The van der Waals surface area contributed by atoms with E-state index >= 15 is 0 Å². The summed E-state index contributed by atoms with van der Waals surface area (Å²) >= 11 is 8.31. The van der Waals surface area contributed by atoms with Crippen LogP contribution in [0.5, 0.6) is 5.19 Å². The fourth-order valence-corrected chi connectivity index (χ4v) is 6.52. The number of aromatic nitrogens is 2. The zero-order valence-electron chi connectivity index (χ0n) is 11.7. The van der Waals surface area contributed by atoms with Gasteiger partial charge >= 0.3 is 0 Å². The first-order valence-electron chi connectivity index (χ1n) is 6.11. The number of nitrogens with zero attached hydrogens (tertiary/aromatic N) is 2. The lowest BCUT2D eigenvalue weighted by atomic mass is 10.8. The molecule has 6 nitrogen and oxygen atoms in total. The molecule has 0 atom stereocenters. The highest BCUT2D eigenvalue weighted by molar-refractivity contribution is 8.67. The molecule has 0 N–H and O–H groups in total. The van der Waals surface area contributed by atoms with Crippen LogP contribution in [0.15, 0.2) is 0 Å². The molecule has 0 fully saturated rings. The third-order valence-electron chi connectivity index (χ3n) is 1.88. The minimum Gasteiger partial charge on any atom is -0.466 e. The summed E-state index contributed by atoms with van der Waals surface area (Å²) in [5, 5.41) is 9.40. The Morgan fingerprint density at radius 1 is 1.20 bits per heavy atom. The second kappa shape index (κ2) is 10.0. The van der Waals surface area contributed by atoms with Crippen LogP contribution in [0.2, 0.25) is 0 Å². The van der Waals surface area contributed by atoms with Crippen LogP contribution in [0, 0.1) is 0 Å². The topological polar surface area (TPSA) is 62.7 Å². The van der Waals surface area contributed by atoms with E-state index in [9.17, 15) is 0 Å². The summed E-state index contributed by atoms with van der Waals surface area (Å²) in [5.41, 5.74) is -2.27. The van der Waals surface area contributed by atoms with Crippen molar-refractivity contribution in [2.75, 3.05) is 33.5 Å². The monoisotopic (exact) mass is 358 g/mol. The van der Waals surface area contributed by atoms with Gasteiger partial charge in [-0.1, -0.05) is 22.7 Å². The van der Waals surface area contributed by atoms with E-state index in [1.807, 2.05) is 13.8 Å². The summed E-state index contributed by atoms with van der Waals surface area (Å²) < 4.78 is 21.4. The van der Waals surface area contributed by atoms with E-state index in [0.717, 1.165) is 5.01 Å². The number of ether oxygens (including phenoxy) is 2. The zero-order valence-corrected chi connectivity index (χ0v) is 15.1. The van der Waals surface area contributed by atoms with Gasteiger partial charge in [-0.05, 0) is 25.7 Å². The Hall–Kier alpha value is 0.240. The van der Waals surface area contributed by atoms with E-state index in [0.29, 0.717) is 37.4 Å². The van der Waals surface area contributed by atoms with Crippen molar-refractivity contribution in [1.82, 2.24) is 10.2 Å². The molecule has 0 saturated heterocycles. The van der Waals surface area contributed by atoms with Crippen molar-refractivity contribution in [2.24, 2.45) is 0 Å². The van der Waals surface area contributed by atoms with Crippen LogP contribution in [0.1, 0.15) is 18.9 Å². The number of rotatable bonds is 11. The van der Waals surface area contributed by atoms with Crippen molar-refractivity contribution >= 4 is 40.2 Å². The van der Waals surface area contributed by atoms with Crippen LogP contribution >= 0.6 is 28.4 Å². The quantitative estimate of drug-likeness (QED) is 0.442. The highest BCUT2D eigenvalue weighted by Gasteiger charge is 2.20. The van der Waals surface area contributed by atoms with Crippen LogP contribution in [0.25, 0.3) is 0 Å². The molecular weight excluding hydrogens is 339 g/mol. The lowest BCUT2D eigenvalue weighted by molar-refractivity contribution is 0.145. The fraction of sp³-hybridized carbons (Fsp3) is 0.800. The Morgan fingerprint density at radius 3 is 2.50 bits per heavy atom. The van der Waals surface area contributed by atoms with Crippen molar-refractivity contribution in [3.8, 4) is 5.19 Å². The second-order valence-electron chi connectivity index (χ2n) is 3.36. The molecule has 116 valence electrons. The van der Waals surface area contributed by atoms with Gasteiger partial charge in [-0.3, -0.25) is 0 Å². The molecule has 1 heterocycles. The SMILES string of the molecule is CCOP(=S)(OCC)SCc1nnc(OCCOC)s1. The number of hydrogen-bond donors (Lipinski definition) is 0. The Labute approximate surface area is 132 Å². The first-order chi connectivity index (χ1) is 9.63. The molecule has 1 aromatic heterocycles. The summed E-state index contributed by atoms with van der Waals surface area (Å²) in [6.07, 6.45) is 0. The Balaban J connectivity index is 2.45. The van der Waals surface area contributed by atoms with Crippen molar-refractivity contribution < 1.29 is 18.5 Å². The van der Waals surface area contributed by atoms with Gasteiger partial charge in [0.05, 0.1) is 25.6 Å². The second-order valence-corrected chi connectivity index (χ2v) is 10.7. The maximum Gasteiger partial charge on any atom is 0.294 e. The maximum atomic E-state index is 5.55. The van der Waals surface area contributed by atoms with Crippen molar-refractivity contribution in [3.05, 3.63) is 5.01 Å². The first-order valence-corrected chi connectivity index (χ1v) is 11.2. The van der Waals surface area contributed by atoms with Crippen molar-refractivity contribution in [2.45, 2.75) is 19.6 Å². The summed E-state index contributed by atoms with van der Waals surface area (Å²) in [4.78, 5) is 0. The molecular formula is C10H19N2O4PS3. The number of methoxy groups -OCH3 is 1. The van der Waals surface area contributed by atoms with Gasteiger partial charge in [-0.2, -0.15) is 0 Å². The van der Waals surface area contributed by atoms with Crippen molar-refractivity contribution in [1.29, 1.82) is 0 Å². The average molecular weight is 358 g/mol. The van der Waals surface area contributed by atoms with Gasteiger partial charge in [-0.25, -0.2) is 0 Å². The van der Waals surface area contributed by atoms with E-state index in [1.54, 1.807) is 7.11 Å². The number of hydrogen-bond acceptors (Lipinski definition) is 9. The third-order valence-corrected chi connectivity index (χ3v) is 8.32. The van der Waals surface area contributed by atoms with E-state index in [4.69, 9.17) is 30.3 Å². The van der Waals surface area contributed by atoms with Crippen LogP contribution < -0.4 is 4.74 Å². The standard InChI is InChI=1S/C10H19N2O4PS3/c1-4-15-17(18,16-5-2)19-8-9-11-12-10(20-9)14-7-6-13-3/h4-8H2,1-3H3. The molecule has 0 aliphatic carbocycles. The molecule has 0 amide bonds. The highest BCUT2D eigenvalue weighted by atomic mass is 32.9. The van der Waals surface area contributed by atoms with E-state index in [-0.39, 0.29) is 0 Å². The van der Waals surface area contributed by atoms with Gasteiger partial charge in [0.1, 0.15) is 11.6 Å². The molecule has 0 radical (unpaired) electrons. The Morgan fingerprint density at radius 2 is 1.90 bits per heavy atom. The molecule has 0 spiro atoms. The van der Waals surface area contributed by atoms with Gasteiger partial charge in [-0.15, -0.1) is 10.2 Å². The average Bonchev–Trinajstić information content (AvgIpc) is 2.86. The third kappa shape index (κ3) is 6.80. The van der Waals surface area contributed by atoms with Crippen LogP contribution in [-0.4, -0.2) is 43.7 Å². The molecule has 0 aliphatic heterocycles. The molecule has 0 unspecified atom stereocenters. The Kier molecular flexibility index (Phi) is 9.19. The van der Waals surface area contributed by atoms with Gasteiger partial charge in [0.25, 0.3) is 5.19 Å². The zero-order chi connectivity index (χ0) is 14.8. The molecule has 20 heavy (non-hydrogen) atoms. The molecule has 0 saturated carbocycles. The van der Waals surface area contributed by atoms with Gasteiger partial charge in [0.2, 0.25) is 5.69 Å². The van der Waals surface area contributed by atoms with E-state index in [1.165, 1.54) is 22.7 Å². The molecule has 1 aromatic rings. The minimum absolute atomic E-state index is 0.466. The maximum absolute atomic E-state index is 5.55. The highest BCUT2D eigenvalue weighted by Crippen LogP contribution is 2.62. The van der Waals surface area contributed by atoms with E-state index < -0.39 is 5.69 Å². The lowest BCUT2D eigenvalue weighted by Gasteiger charge is -2.19. The first kappa shape index (κ1) is 18.3. The molecule has 0 aliphatic rings. The predicted molar refractivity (Wildman–Crippen MR) is 86.1 cm³/mol. The van der Waals surface area contributed by atoms with Crippen LogP contribution in [0.3, 0.4) is 0 Å². The fourth-order valence-electron chi connectivity index (χ4n) is 1.13. The predicted octanol–water partition coefficient (Wildman–Crippen LogP) is 3.09. The summed E-state index contributed by atoms with van der Waals surface area (Å²) in [6, 6.07) is 0.